The second-order valence-corrected chi connectivity index (χ2v) is 17.1. The van der Waals surface area contributed by atoms with Crippen molar-refractivity contribution in [3.63, 3.8) is 0 Å². The third-order valence-corrected chi connectivity index (χ3v) is 12.8. The van der Waals surface area contributed by atoms with Crippen molar-refractivity contribution >= 4 is 40.2 Å². The summed E-state index contributed by atoms with van der Waals surface area (Å²) in [5.41, 5.74) is 22.5. The number of hydrogen-bond acceptors (Lipinski definition) is 1. The Balaban J connectivity index is 1.27. The number of anilines is 3. The van der Waals surface area contributed by atoms with Crippen LogP contribution in [0.2, 0.25) is 0 Å². The minimum absolute atomic E-state index is 0.108. The van der Waals surface area contributed by atoms with Crippen LogP contribution in [0.15, 0.2) is 152 Å². The molecular formula is C54H52BN. The highest BCUT2D eigenvalue weighted by molar-refractivity contribution is 6.96. The average Bonchev–Trinajstić information content (AvgIpc) is 3.50. The Bertz CT molecular complexity index is 2500. The van der Waals surface area contributed by atoms with Crippen molar-refractivity contribution in [3.05, 3.63) is 202 Å². The van der Waals surface area contributed by atoms with E-state index < -0.39 is 5.41 Å². The Hall–Kier alpha value is -5.60. The fourth-order valence-corrected chi connectivity index (χ4v) is 10.2. The molecule has 1 aliphatic heterocycles. The molecule has 0 atom stereocenters. The molecule has 1 spiro atoms. The van der Waals surface area contributed by atoms with Crippen molar-refractivity contribution in [2.45, 2.75) is 78.6 Å². The molecule has 1 nitrogen and oxygen atoms in total. The van der Waals surface area contributed by atoms with Crippen LogP contribution < -0.4 is 21.3 Å². The molecule has 0 bridgehead atoms. The smallest absolute Gasteiger partial charge is 0.242 e. The molecule has 7 aromatic rings. The number of nitrogens with zero attached hydrogens (tertiary/aromatic N) is 1. The van der Waals surface area contributed by atoms with Gasteiger partial charge in [-0.1, -0.05) is 196 Å². The van der Waals surface area contributed by atoms with Crippen LogP contribution in [0.1, 0.15) is 109 Å². The second kappa shape index (κ2) is 13.9. The van der Waals surface area contributed by atoms with Crippen molar-refractivity contribution in [3.8, 4) is 11.1 Å². The summed E-state index contributed by atoms with van der Waals surface area (Å²) in [7, 11) is 0. The fraction of sp³-hybridized carbons (Fsp3) is 0.222. The molecule has 0 N–H and O–H groups in total. The van der Waals surface area contributed by atoms with Gasteiger partial charge in [0.05, 0.1) is 16.8 Å². The van der Waals surface area contributed by atoms with E-state index in [0.29, 0.717) is 17.8 Å². The molecule has 1 heterocycles. The molecule has 1 aliphatic carbocycles. The highest BCUT2D eigenvalue weighted by atomic mass is 15.2. The zero-order valence-electron chi connectivity index (χ0n) is 34.2. The van der Waals surface area contributed by atoms with Crippen LogP contribution in [-0.4, -0.2) is 6.71 Å². The first kappa shape index (κ1) is 36.1. The lowest BCUT2D eigenvalue weighted by Gasteiger charge is -2.45. The van der Waals surface area contributed by atoms with Gasteiger partial charge >= 0.3 is 0 Å². The van der Waals surface area contributed by atoms with Crippen molar-refractivity contribution < 1.29 is 0 Å². The number of para-hydroxylation sites is 2. The van der Waals surface area contributed by atoms with Gasteiger partial charge in [0.15, 0.2) is 0 Å². The molecule has 276 valence electrons. The largest absolute Gasteiger partial charge is 0.310 e. The summed E-state index contributed by atoms with van der Waals surface area (Å²) in [6.45, 7) is 18.9. The Morgan fingerprint density at radius 3 is 1.41 bits per heavy atom. The van der Waals surface area contributed by atoms with E-state index in [1.165, 1.54) is 94.6 Å². The van der Waals surface area contributed by atoms with Crippen molar-refractivity contribution in [1.29, 1.82) is 0 Å². The molecular weight excluding hydrogens is 673 g/mol. The molecule has 0 radical (unpaired) electrons. The van der Waals surface area contributed by atoms with E-state index in [4.69, 9.17) is 0 Å². The van der Waals surface area contributed by atoms with E-state index in [1.54, 1.807) is 0 Å². The molecule has 0 saturated carbocycles. The van der Waals surface area contributed by atoms with Crippen LogP contribution in [-0.2, 0) is 5.41 Å². The molecule has 9 rings (SSSR count). The van der Waals surface area contributed by atoms with Gasteiger partial charge in [0.2, 0.25) is 6.71 Å². The third kappa shape index (κ3) is 5.36. The number of rotatable bonds is 7. The average molecular weight is 726 g/mol. The molecule has 0 fully saturated rings. The van der Waals surface area contributed by atoms with Gasteiger partial charge in [0.1, 0.15) is 0 Å². The van der Waals surface area contributed by atoms with Gasteiger partial charge in [-0.25, -0.2) is 0 Å². The first-order chi connectivity index (χ1) is 27.1. The van der Waals surface area contributed by atoms with Crippen LogP contribution in [0.4, 0.5) is 17.1 Å². The van der Waals surface area contributed by atoms with E-state index in [0.717, 1.165) is 0 Å². The van der Waals surface area contributed by atoms with Crippen LogP contribution in [0.25, 0.3) is 11.1 Å². The summed E-state index contributed by atoms with van der Waals surface area (Å²) in [5.74, 6) is 1.26. The van der Waals surface area contributed by atoms with Crippen LogP contribution in [0, 0.1) is 13.8 Å². The Morgan fingerprint density at radius 2 is 0.911 bits per heavy atom. The molecule has 7 aromatic carbocycles. The number of hydrogen-bond donors (Lipinski definition) is 0. The van der Waals surface area contributed by atoms with Crippen molar-refractivity contribution in [2.24, 2.45) is 0 Å². The number of benzene rings is 7. The summed E-state index contributed by atoms with van der Waals surface area (Å²) in [5, 5.41) is 0. The quantitative estimate of drug-likeness (QED) is 0.148. The lowest BCUT2D eigenvalue weighted by atomic mass is 9.33. The van der Waals surface area contributed by atoms with Gasteiger partial charge in [0, 0.05) is 5.69 Å². The molecule has 0 saturated heterocycles. The maximum Gasteiger partial charge on any atom is 0.242 e. The number of aryl methyl sites for hydroxylation is 2. The summed E-state index contributed by atoms with van der Waals surface area (Å²) in [4.78, 5) is 2.52. The van der Waals surface area contributed by atoms with E-state index >= 15 is 0 Å². The minimum atomic E-state index is -0.412. The van der Waals surface area contributed by atoms with Gasteiger partial charge in [-0.2, -0.15) is 0 Å². The van der Waals surface area contributed by atoms with E-state index in [9.17, 15) is 0 Å². The van der Waals surface area contributed by atoms with Gasteiger partial charge in [-0.3, -0.25) is 0 Å². The Labute approximate surface area is 335 Å². The van der Waals surface area contributed by atoms with Crippen LogP contribution >= 0.6 is 0 Å². The second-order valence-electron chi connectivity index (χ2n) is 17.1. The van der Waals surface area contributed by atoms with Crippen LogP contribution in [0.3, 0.4) is 0 Å². The molecule has 0 unspecified atom stereocenters. The molecule has 2 heteroatoms. The van der Waals surface area contributed by atoms with Crippen LogP contribution in [0.5, 0.6) is 0 Å². The Morgan fingerprint density at radius 1 is 0.446 bits per heavy atom. The lowest BCUT2D eigenvalue weighted by Crippen LogP contribution is -2.56. The summed E-state index contributed by atoms with van der Waals surface area (Å²) in [6, 6.07) is 57.7. The van der Waals surface area contributed by atoms with Gasteiger partial charge in [-0.15, -0.1) is 0 Å². The summed E-state index contributed by atoms with van der Waals surface area (Å²) < 4.78 is 0. The zero-order valence-corrected chi connectivity index (χ0v) is 34.2. The minimum Gasteiger partial charge on any atom is -0.310 e. The molecule has 0 amide bonds. The standard InChI is InChI=1S/C54H52BN/c1-34(2)39-32-43(35(3)4)53(44(33-39)36(5)6)55(49-26-16-9-19-37(49)7)50-30-29-40(31-38(50)8)56-51-27-17-14-24-47(51)54(48-25-15-18-28-52(48)56)45-22-12-10-20-41(45)42-21-11-13-23-46(42)54/h9-36H,1-8H3. The van der Waals surface area contributed by atoms with Gasteiger partial charge in [0.25, 0.3) is 0 Å². The molecule has 0 aromatic heterocycles. The first-order valence-corrected chi connectivity index (χ1v) is 20.6. The highest BCUT2D eigenvalue weighted by Gasteiger charge is 2.51. The summed E-state index contributed by atoms with van der Waals surface area (Å²) in [6.07, 6.45) is 0. The molecule has 2 aliphatic rings. The zero-order chi connectivity index (χ0) is 38.9. The highest BCUT2D eigenvalue weighted by Crippen LogP contribution is 2.63. The van der Waals surface area contributed by atoms with Crippen molar-refractivity contribution in [2.75, 3.05) is 4.90 Å². The van der Waals surface area contributed by atoms with Gasteiger partial charge in [-0.05, 0) is 106 Å². The fourth-order valence-electron chi connectivity index (χ4n) is 10.2. The van der Waals surface area contributed by atoms with Gasteiger partial charge < -0.3 is 4.90 Å². The first-order valence-electron chi connectivity index (χ1n) is 20.6. The maximum atomic E-state index is 2.52. The topological polar surface area (TPSA) is 3.24 Å². The summed E-state index contributed by atoms with van der Waals surface area (Å²) >= 11 is 0. The number of fused-ring (bicyclic) bond motifs is 9. The predicted octanol–water partition coefficient (Wildman–Crippen LogP) is 12.3. The Kier molecular flexibility index (Phi) is 8.92. The maximum absolute atomic E-state index is 2.52. The normalized spacial score (nSPS) is 13.6. The van der Waals surface area contributed by atoms with Crippen molar-refractivity contribution in [1.82, 2.24) is 0 Å². The lowest BCUT2D eigenvalue weighted by molar-refractivity contribution is 0.752. The predicted molar refractivity (Wildman–Crippen MR) is 241 cm³/mol. The molecule has 56 heavy (non-hydrogen) atoms. The third-order valence-electron chi connectivity index (χ3n) is 12.8. The van der Waals surface area contributed by atoms with E-state index in [1.807, 2.05) is 0 Å². The SMILES string of the molecule is Cc1ccccc1B(c1ccc(N2c3ccccc3C3(c4ccccc4-c4ccccc43)c3ccccc32)cc1C)c1c(C(C)C)cc(C(C)C)cc1C(C)C. The monoisotopic (exact) mass is 725 g/mol. The van der Waals surface area contributed by atoms with E-state index in [2.05, 4.69) is 212 Å². The van der Waals surface area contributed by atoms with E-state index in [-0.39, 0.29) is 6.71 Å².